The minimum atomic E-state index is -0.00435. The first-order chi connectivity index (χ1) is 5.77. The van der Waals surface area contributed by atoms with E-state index in [-0.39, 0.29) is 6.10 Å². The topological polar surface area (TPSA) is 36.8 Å². The number of rotatable bonds is 0. The number of nitrogens with two attached hydrogens (primary N) is 1. The van der Waals surface area contributed by atoms with Crippen molar-refractivity contribution in [3.8, 4) is 0 Å². The van der Waals surface area contributed by atoms with E-state index in [9.17, 15) is 5.11 Å². The van der Waals surface area contributed by atoms with E-state index in [0.717, 1.165) is 12.5 Å². The molecule has 0 aromatic rings. The average molecular weight is 170 g/mol. The zero-order valence-corrected chi connectivity index (χ0v) is 7.87. The summed E-state index contributed by atoms with van der Waals surface area (Å²) in [5.74, 6) is 0.606. The zero-order chi connectivity index (χ0) is 8.55. The fourth-order valence-electron chi connectivity index (χ4n) is 2.96. The second-order valence-corrected chi connectivity index (χ2v) is 4.58. The summed E-state index contributed by atoms with van der Waals surface area (Å²) in [5.41, 5.74) is 0. The molecule has 0 aromatic heterocycles. The predicted octanol–water partition coefficient (Wildman–Crippen LogP) is 0.262. The maximum atomic E-state index is 9.85. The molecule has 1 aliphatic heterocycles. The maximum Gasteiger partial charge on any atom is 0.0914 e. The Morgan fingerprint density at radius 2 is 2.00 bits per heavy atom. The van der Waals surface area contributed by atoms with Gasteiger partial charge in [-0.25, -0.2) is 0 Å². The molecule has 1 heterocycles. The van der Waals surface area contributed by atoms with Gasteiger partial charge in [-0.3, -0.25) is 0 Å². The van der Waals surface area contributed by atoms with Gasteiger partial charge in [0.05, 0.1) is 18.2 Å². The standard InChI is InChI=1S/C10H19NO/c1-7-6-10(12)8-4-2-3-5-9(8)11-7/h7-12H,2-6H2,1H3/p+1/t7-,8-,9+,10+/m1/s1. The lowest BCUT2D eigenvalue weighted by atomic mass is 9.76. The summed E-state index contributed by atoms with van der Waals surface area (Å²) in [6, 6.07) is 1.37. The van der Waals surface area contributed by atoms with Crippen LogP contribution in [0.2, 0.25) is 0 Å². The SMILES string of the molecule is C[C@@H]1C[C@H](O)[C@@H]2CCCC[C@@H]2[NH2+]1. The van der Waals surface area contributed by atoms with Crippen LogP contribution >= 0.6 is 0 Å². The molecular weight excluding hydrogens is 150 g/mol. The van der Waals surface area contributed by atoms with Gasteiger partial charge in [0.2, 0.25) is 0 Å². The summed E-state index contributed by atoms with van der Waals surface area (Å²) >= 11 is 0. The number of aliphatic hydroxyl groups excluding tert-OH is 1. The van der Waals surface area contributed by atoms with Gasteiger partial charge in [-0.15, -0.1) is 0 Å². The quantitative estimate of drug-likeness (QED) is 0.537. The maximum absolute atomic E-state index is 9.85. The molecule has 0 aromatic carbocycles. The Morgan fingerprint density at radius 3 is 2.83 bits per heavy atom. The number of hydrogen-bond donors (Lipinski definition) is 2. The third-order valence-electron chi connectivity index (χ3n) is 3.56. The molecule has 1 saturated carbocycles. The molecule has 2 aliphatic rings. The normalized spacial score (nSPS) is 48.5. The van der Waals surface area contributed by atoms with E-state index in [4.69, 9.17) is 0 Å². The van der Waals surface area contributed by atoms with E-state index in [1.165, 1.54) is 25.7 Å². The molecule has 3 N–H and O–H groups in total. The molecule has 12 heavy (non-hydrogen) atoms. The van der Waals surface area contributed by atoms with E-state index in [1.54, 1.807) is 0 Å². The van der Waals surface area contributed by atoms with Crippen LogP contribution in [0.15, 0.2) is 0 Å². The second-order valence-electron chi connectivity index (χ2n) is 4.58. The fraction of sp³-hybridized carbons (Fsp3) is 1.00. The lowest BCUT2D eigenvalue weighted by Crippen LogP contribution is -2.98. The largest absolute Gasteiger partial charge is 0.392 e. The minimum Gasteiger partial charge on any atom is -0.392 e. The van der Waals surface area contributed by atoms with Crippen molar-refractivity contribution in [3.05, 3.63) is 0 Å². The van der Waals surface area contributed by atoms with Gasteiger partial charge in [0.15, 0.2) is 0 Å². The lowest BCUT2D eigenvalue weighted by molar-refractivity contribution is -0.739. The minimum absolute atomic E-state index is 0.00435. The Morgan fingerprint density at radius 1 is 1.25 bits per heavy atom. The molecule has 2 heteroatoms. The van der Waals surface area contributed by atoms with Gasteiger partial charge in [0, 0.05) is 12.3 Å². The molecule has 1 aliphatic carbocycles. The molecule has 0 spiro atoms. The van der Waals surface area contributed by atoms with Crippen LogP contribution in [0.1, 0.15) is 39.0 Å². The third-order valence-corrected chi connectivity index (χ3v) is 3.56. The summed E-state index contributed by atoms with van der Waals surface area (Å²) in [7, 11) is 0. The summed E-state index contributed by atoms with van der Waals surface area (Å²) in [6.45, 7) is 2.23. The molecule has 0 radical (unpaired) electrons. The highest BCUT2D eigenvalue weighted by atomic mass is 16.3. The number of aliphatic hydroxyl groups is 1. The molecule has 2 nitrogen and oxygen atoms in total. The van der Waals surface area contributed by atoms with E-state index in [2.05, 4.69) is 12.2 Å². The van der Waals surface area contributed by atoms with Crippen molar-refractivity contribution >= 4 is 0 Å². The van der Waals surface area contributed by atoms with Crippen molar-refractivity contribution in [2.75, 3.05) is 0 Å². The van der Waals surface area contributed by atoms with Gasteiger partial charge in [0.25, 0.3) is 0 Å². The van der Waals surface area contributed by atoms with Crippen molar-refractivity contribution in [1.29, 1.82) is 0 Å². The van der Waals surface area contributed by atoms with Gasteiger partial charge < -0.3 is 10.4 Å². The van der Waals surface area contributed by atoms with E-state index in [0.29, 0.717) is 12.0 Å². The van der Waals surface area contributed by atoms with Crippen molar-refractivity contribution < 1.29 is 10.4 Å². The number of hydrogen-bond acceptors (Lipinski definition) is 1. The summed E-state index contributed by atoms with van der Waals surface area (Å²) < 4.78 is 0. The summed E-state index contributed by atoms with van der Waals surface area (Å²) in [5, 5.41) is 12.3. The Bertz CT molecular complexity index is 160. The average Bonchev–Trinajstić information content (AvgIpc) is 2.04. The van der Waals surface area contributed by atoms with E-state index in [1.807, 2.05) is 0 Å². The Hall–Kier alpha value is -0.0800. The lowest BCUT2D eigenvalue weighted by Gasteiger charge is -2.39. The van der Waals surface area contributed by atoms with Crippen LogP contribution in [0.25, 0.3) is 0 Å². The highest BCUT2D eigenvalue weighted by Crippen LogP contribution is 2.28. The van der Waals surface area contributed by atoms with Gasteiger partial charge in [-0.05, 0) is 26.2 Å². The predicted molar refractivity (Wildman–Crippen MR) is 47.8 cm³/mol. The van der Waals surface area contributed by atoms with Crippen LogP contribution in [0.3, 0.4) is 0 Å². The van der Waals surface area contributed by atoms with Crippen molar-refractivity contribution in [1.82, 2.24) is 0 Å². The van der Waals surface area contributed by atoms with Crippen LogP contribution in [0, 0.1) is 5.92 Å². The molecule has 2 rings (SSSR count). The first-order valence-corrected chi connectivity index (χ1v) is 5.30. The van der Waals surface area contributed by atoms with Crippen LogP contribution in [0.4, 0.5) is 0 Å². The Kier molecular flexibility index (Phi) is 2.37. The van der Waals surface area contributed by atoms with E-state index < -0.39 is 0 Å². The first-order valence-electron chi connectivity index (χ1n) is 5.30. The molecule has 70 valence electrons. The highest BCUT2D eigenvalue weighted by Gasteiger charge is 2.39. The molecule has 0 bridgehead atoms. The Balaban J connectivity index is 2.01. The summed E-state index contributed by atoms with van der Waals surface area (Å²) in [4.78, 5) is 0. The third kappa shape index (κ3) is 1.50. The Labute approximate surface area is 74.4 Å². The van der Waals surface area contributed by atoms with Crippen molar-refractivity contribution in [3.63, 3.8) is 0 Å². The van der Waals surface area contributed by atoms with Crippen LogP contribution in [-0.2, 0) is 0 Å². The highest BCUT2D eigenvalue weighted by molar-refractivity contribution is 4.83. The van der Waals surface area contributed by atoms with Gasteiger partial charge >= 0.3 is 0 Å². The molecule has 0 unspecified atom stereocenters. The molecule has 4 atom stereocenters. The first kappa shape index (κ1) is 8.52. The summed E-state index contributed by atoms with van der Waals surface area (Å²) in [6.07, 6.45) is 6.29. The molecular formula is C10H20NO+. The van der Waals surface area contributed by atoms with Crippen molar-refractivity contribution in [2.45, 2.75) is 57.2 Å². The fourth-order valence-corrected chi connectivity index (χ4v) is 2.96. The number of quaternary nitrogens is 1. The second kappa shape index (κ2) is 3.35. The van der Waals surface area contributed by atoms with Gasteiger partial charge in [0.1, 0.15) is 0 Å². The van der Waals surface area contributed by atoms with Crippen LogP contribution in [-0.4, -0.2) is 23.3 Å². The number of fused-ring (bicyclic) bond motifs is 1. The molecule has 1 saturated heterocycles. The smallest absolute Gasteiger partial charge is 0.0914 e. The van der Waals surface area contributed by atoms with Gasteiger partial charge in [-0.2, -0.15) is 0 Å². The van der Waals surface area contributed by atoms with E-state index >= 15 is 0 Å². The monoisotopic (exact) mass is 170 g/mol. The zero-order valence-electron chi connectivity index (χ0n) is 7.87. The molecule has 0 amide bonds. The van der Waals surface area contributed by atoms with Crippen LogP contribution in [0.5, 0.6) is 0 Å². The van der Waals surface area contributed by atoms with Gasteiger partial charge in [-0.1, -0.05) is 6.42 Å². The van der Waals surface area contributed by atoms with Crippen LogP contribution < -0.4 is 5.32 Å². The number of piperidine rings is 1. The molecule has 2 fully saturated rings. The van der Waals surface area contributed by atoms with Crippen molar-refractivity contribution in [2.24, 2.45) is 5.92 Å².